The Bertz CT molecular complexity index is 162. The molecular formula is C9H17IO2Si. The third kappa shape index (κ3) is 8.49. The molecule has 0 fully saturated rings. The fourth-order valence-corrected chi connectivity index (χ4v) is 3.46. The summed E-state index contributed by atoms with van der Waals surface area (Å²) in [5.41, 5.74) is 0. The van der Waals surface area contributed by atoms with Gasteiger partial charge in [-0.2, -0.15) is 0 Å². The van der Waals surface area contributed by atoms with Crippen molar-refractivity contribution in [1.82, 2.24) is 0 Å². The lowest BCUT2D eigenvalue weighted by Crippen LogP contribution is -2.12. The van der Waals surface area contributed by atoms with Crippen molar-refractivity contribution < 1.29 is 9.53 Å². The number of rotatable bonds is 7. The zero-order valence-corrected chi connectivity index (χ0v) is 11.7. The number of hydrogen-bond donors (Lipinski definition) is 0. The van der Waals surface area contributed by atoms with Gasteiger partial charge in [-0.25, -0.2) is 4.79 Å². The SMILES string of the molecule is C=CC(=O)OC(C)CCC[SiH2]CI. The van der Waals surface area contributed by atoms with Gasteiger partial charge in [0.1, 0.15) is 0 Å². The molecule has 13 heavy (non-hydrogen) atoms. The highest BCUT2D eigenvalue weighted by Crippen LogP contribution is 2.05. The monoisotopic (exact) mass is 312 g/mol. The van der Waals surface area contributed by atoms with E-state index in [1.165, 1.54) is 22.6 Å². The lowest BCUT2D eigenvalue weighted by Gasteiger charge is -2.10. The summed E-state index contributed by atoms with van der Waals surface area (Å²) in [5.74, 6) is -0.307. The Kier molecular flexibility index (Phi) is 8.85. The van der Waals surface area contributed by atoms with E-state index in [1.54, 1.807) is 0 Å². The smallest absolute Gasteiger partial charge is 0.330 e. The second-order valence-corrected chi connectivity index (χ2v) is 8.02. The lowest BCUT2D eigenvalue weighted by atomic mass is 10.2. The summed E-state index contributed by atoms with van der Waals surface area (Å²) < 4.78 is 6.38. The molecule has 1 unspecified atom stereocenters. The van der Waals surface area contributed by atoms with E-state index < -0.39 is 0 Å². The summed E-state index contributed by atoms with van der Waals surface area (Å²) in [6.45, 7) is 5.29. The van der Waals surface area contributed by atoms with Crippen molar-refractivity contribution in [2.75, 3.05) is 4.05 Å². The predicted molar refractivity (Wildman–Crippen MR) is 67.2 cm³/mol. The van der Waals surface area contributed by atoms with Crippen LogP contribution in [-0.2, 0) is 9.53 Å². The average Bonchev–Trinajstić information content (AvgIpc) is 2.12. The maximum atomic E-state index is 10.8. The normalized spacial score (nSPS) is 13.1. The van der Waals surface area contributed by atoms with Crippen LogP contribution < -0.4 is 0 Å². The summed E-state index contributed by atoms with van der Waals surface area (Å²) in [7, 11) is 0.173. The Morgan fingerprint density at radius 3 is 3.00 bits per heavy atom. The van der Waals surface area contributed by atoms with Crippen molar-refractivity contribution in [2.45, 2.75) is 31.9 Å². The van der Waals surface area contributed by atoms with Gasteiger partial charge in [0.25, 0.3) is 0 Å². The number of esters is 1. The number of alkyl halides is 1. The molecule has 0 aromatic heterocycles. The molecule has 0 rings (SSSR count). The number of hydrogen-bond acceptors (Lipinski definition) is 2. The van der Waals surface area contributed by atoms with Crippen molar-refractivity contribution in [3.8, 4) is 0 Å². The quantitative estimate of drug-likeness (QED) is 0.179. The molecule has 0 bridgehead atoms. The third-order valence-electron chi connectivity index (χ3n) is 1.73. The van der Waals surface area contributed by atoms with Gasteiger partial charge in [0.15, 0.2) is 0 Å². The Labute approximate surface area is 96.1 Å². The summed E-state index contributed by atoms with van der Waals surface area (Å²) in [4.78, 5) is 10.8. The molecule has 0 aliphatic heterocycles. The molecule has 0 saturated heterocycles. The fourth-order valence-electron chi connectivity index (χ4n) is 1.01. The fraction of sp³-hybridized carbons (Fsp3) is 0.667. The van der Waals surface area contributed by atoms with E-state index in [2.05, 4.69) is 29.2 Å². The summed E-state index contributed by atoms with van der Waals surface area (Å²) >= 11 is 2.43. The molecule has 4 heteroatoms. The van der Waals surface area contributed by atoms with E-state index in [-0.39, 0.29) is 21.6 Å². The maximum Gasteiger partial charge on any atom is 0.330 e. The molecule has 0 aromatic rings. The van der Waals surface area contributed by atoms with Crippen LogP contribution in [0.2, 0.25) is 6.04 Å². The van der Waals surface area contributed by atoms with Gasteiger partial charge in [-0.1, -0.05) is 41.6 Å². The molecule has 0 heterocycles. The van der Waals surface area contributed by atoms with Gasteiger partial charge in [-0.05, 0) is 17.4 Å². The topological polar surface area (TPSA) is 26.3 Å². The number of halogens is 1. The maximum absolute atomic E-state index is 10.8. The highest BCUT2D eigenvalue weighted by Gasteiger charge is 2.05. The first kappa shape index (κ1) is 13.2. The first-order chi connectivity index (χ1) is 6.20. The van der Waals surface area contributed by atoms with Crippen LogP contribution in [0.1, 0.15) is 19.8 Å². The van der Waals surface area contributed by atoms with Gasteiger partial charge < -0.3 is 4.74 Å². The summed E-state index contributed by atoms with van der Waals surface area (Å²) in [6, 6.07) is 1.36. The van der Waals surface area contributed by atoms with E-state index in [9.17, 15) is 4.79 Å². The van der Waals surface area contributed by atoms with Gasteiger partial charge >= 0.3 is 5.97 Å². The summed E-state index contributed by atoms with van der Waals surface area (Å²) in [5, 5.41) is 0. The molecule has 0 spiro atoms. The second kappa shape index (κ2) is 8.74. The number of carbonyl (C=O) groups is 1. The Balaban J connectivity index is 3.34. The molecular weight excluding hydrogens is 295 g/mol. The molecule has 0 aliphatic carbocycles. The van der Waals surface area contributed by atoms with E-state index >= 15 is 0 Å². The molecule has 0 amide bonds. The first-order valence-corrected chi connectivity index (χ1v) is 8.12. The highest BCUT2D eigenvalue weighted by atomic mass is 127. The van der Waals surface area contributed by atoms with Crippen molar-refractivity contribution in [2.24, 2.45) is 0 Å². The minimum atomic E-state index is -0.307. The summed E-state index contributed by atoms with van der Waals surface area (Å²) in [6.07, 6.45) is 3.45. The standard InChI is InChI=1S/C9H17IO2Si/c1-3-9(11)12-8(2)5-4-6-13-7-10/h3,8H,1,4-7,13H2,2H3. The minimum Gasteiger partial charge on any atom is -0.460 e. The molecule has 0 aliphatic rings. The molecule has 0 aromatic carbocycles. The second-order valence-electron chi connectivity index (χ2n) is 2.99. The van der Waals surface area contributed by atoms with Crippen molar-refractivity contribution in [3.63, 3.8) is 0 Å². The zero-order chi connectivity index (χ0) is 10.1. The largest absolute Gasteiger partial charge is 0.460 e. The first-order valence-electron chi connectivity index (χ1n) is 4.59. The number of ether oxygens (including phenoxy) is 1. The molecule has 76 valence electrons. The van der Waals surface area contributed by atoms with Gasteiger partial charge in [-0.3, -0.25) is 0 Å². The van der Waals surface area contributed by atoms with Crippen molar-refractivity contribution in [3.05, 3.63) is 12.7 Å². The third-order valence-corrected chi connectivity index (χ3v) is 5.28. The van der Waals surface area contributed by atoms with Crippen LogP contribution in [0.3, 0.4) is 0 Å². The van der Waals surface area contributed by atoms with Gasteiger partial charge in [-0.15, -0.1) is 0 Å². The minimum absolute atomic E-state index is 0.0497. The van der Waals surface area contributed by atoms with E-state index in [4.69, 9.17) is 4.74 Å². The zero-order valence-electron chi connectivity index (χ0n) is 8.09. The number of carbonyl (C=O) groups excluding carboxylic acids is 1. The van der Waals surface area contributed by atoms with E-state index in [0.29, 0.717) is 0 Å². The molecule has 2 nitrogen and oxygen atoms in total. The molecule has 0 radical (unpaired) electrons. The van der Waals surface area contributed by atoms with Crippen LogP contribution >= 0.6 is 22.6 Å². The van der Waals surface area contributed by atoms with Crippen molar-refractivity contribution in [1.29, 1.82) is 0 Å². The van der Waals surface area contributed by atoms with Gasteiger partial charge in [0, 0.05) is 15.6 Å². The van der Waals surface area contributed by atoms with Crippen LogP contribution in [0.4, 0.5) is 0 Å². The van der Waals surface area contributed by atoms with Crippen LogP contribution in [0.5, 0.6) is 0 Å². The Hall–Kier alpha value is 0.157. The Morgan fingerprint density at radius 1 is 1.77 bits per heavy atom. The van der Waals surface area contributed by atoms with Gasteiger partial charge in [0.05, 0.1) is 6.10 Å². The Morgan fingerprint density at radius 2 is 2.46 bits per heavy atom. The van der Waals surface area contributed by atoms with Crippen LogP contribution in [0.15, 0.2) is 12.7 Å². The van der Waals surface area contributed by atoms with Crippen molar-refractivity contribution >= 4 is 38.1 Å². The molecule has 0 N–H and O–H groups in total. The highest BCUT2D eigenvalue weighted by molar-refractivity contribution is 14.1. The average molecular weight is 312 g/mol. The lowest BCUT2D eigenvalue weighted by molar-refractivity contribution is -0.142. The van der Waals surface area contributed by atoms with Crippen LogP contribution in [0, 0.1) is 0 Å². The van der Waals surface area contributed by atoms with Crippen LogP contribution in [0.25, 0.3) is 0 Å². The van der Waals surface area contributed by atoms with E-state index in [1.807, 2.05) is 6.92 Å². The van der Waals surface area contributed by atoms with E-state index in [0.717, 1.165) is 6.42 Å². The molecule has 1 atom stereocenters. The van der Waals surface area contributed by atoms with Crippen LogP contribution in [-0.4, -0.2) is 25.6 Å². The predicted octanol–water partition coefficient (Wildman–Crippen LogP) is 1.86. The van der Waals surface area contributed by atoms with Gasteiger partial charge in [0.2, 0.25) is 0 Å². The molecule has 0 saturated carbocycles.